The summed E-state index contributed by atoms with van der Waals surface area (Å²) < 4.78 is 6.40. The van der Waals surface area contributed by atoms with E-state index in [1.807, 2.05) is 26.0 Å². The molecule has 0 radical (unpaired) electrons. The Morgan fingerprint density at radius 1 is 1.50 bits per heavy atom. The molecule has 2 rings (SSSR count). The zero-order chi connectivity index (χ0) is 13.1. The first-order chi connectivity index (χ1) is 8.58. The number of rotatable bonds is 3. The van der Waals surface area contributed by atoms with E-state index in [1.165, 1.54) is 5.56 Å². The molecule has 1 aliphatic rings. The molecule has 1 aliphatic heterocycles. The number of hydrogen-bond donors (Lipinski definition) is 1. The Bertz CT molecular complexity index is 434. The molecule has 0 amide bonds. The molecule has 4 heteroatoms. The van der Waals surface area contributed by atoms with Gasteiger partial charge in [-0.25, -0.2) is 0 Å². The van der Waals surface area contributed by atoms with Crippen molar-refractivity contribution in [1.82, 2.24) is 0 Å². The third-order valence-corrected chi connectivity index (χ3v) is 3.71. The van der Waals surface area contributed by atoms with Crippen LogP contribution in [0.15, 0.2) is 28.7 Å². The standard InChI is InChI=1S/C14H18BrNO2/c1-9(2)18-14(17)12-6-7-16-13(12)10-4-3-5-11(15)8-10/h3-5,8-9,12-13,16H,6-7H2,1-2H3/p+1/t12-,13-/m0/s1. The third-order valence-electron chi connectivity index (χ3n) is 3.22. The summed E-state index contributed by atoms with van der Waals surface area (Å²) in [6.45, 7) is 4.77. The molecule has 98 valence electrons. The lowest BCUT2D eigenvalue weighted by atomic mass is 9.94. The van der Waals surface area contributed by atoms with Crippen LogP contribution in [-0.4, -0.2) is 18.6 Å². The summed E-state index contributed by atoms with van der Waals surface area (Å²) in [6.07, 6.45) is 0.851. The SMILES string of the molecule is CC(C)OC(=O)[C@H]1CC[NH2+][C@H]1c1cccc(Br)c1. The van der Waals surface area contributed by atoms with Crippen LogP contribution >= 0.6 is 15.9 Å². The van der Waals surface area contributed by atoms with Gasteiger partial charge in [0.15, 0.2) is 0 Å². The summed E-state index contributed by atoms with van der Waals surface area (Å²) in [4.78, 5) is 12.1. The van der Waals surface area contributed by atoms with E-state index in [9.17, 15) is 4.79 Å². The summed E-state index contributed by atoms with van der Waals surface area (Å²) >= 11 is 3.48. The molecule has 0 unspecified atom stereocenters. The maximum Gasteiger partial charge on any atom is 0.315 e. The second kappa shape index (κ2) is 5.85. The molecule has 1 saturated heterocycles. The summed E-state index contributed by atoms with van der Waals surface area (Å²) in [5.74, 6) is -0.0922. The van der Waals surface area contributed by atoms with Gasteiger partial charge < -0.3 is 10.1 Å². The topological polar surface area (TPSA) is 42.9 Å². The molecule has 0 aliphatic carbocycles. The minimum atomic E-state index is -0.0660. The van der Waals surface area contributed by atoms with Gasteiger partial charge in [0.1, 0.15) is 12.0 Å². The number of hydrogen-bond acceptors (Lipinski definition) is 2. The molecule has 3 nitrogen and oxygen atoms in total. The largest absolute Gasteiger partial charge is 0.463 e. The van der Waals surface area contributed by atoms with Gasteiger partial charge >= 0.3 is 5.97 Å². The fraction of sp³-hybridized carbons (Fsp3) is 0.500. The molecular formula is C14H19BrNO2+. The first kappa shape index (κ1) is 13.6. The van der Waals surface area contributed by atoms with E-state index >= 15 is 0 Å². The number of esters is 1. The number of carbonyl (C=O) groups excluding carboxylic acids is 1. The average molecular weight is 313 g/mol. The molecule has 0 bridgehead atoms. The van der Waals surface area contributed by atoms with E-state index in [2.05, 4.69) is 33.4 Å². The quantitative estimate of drug-likeness (QED) is 0.868. The van der Waals surface area contributed by atoms with E-state index in [-0.39, 0.29) is 24.0 Å². The first-order valence-corrected chi connectivity index (χ1v) is 7.16. The minimum absolute atomic E-state index is 0.0262. The Hall–Kier alpha value is -0.870. The van der Waals surface area contributed by atoms with Crippen LogP contribution in [0.4, 0.5) is 0 Å². The number of nitrogens with two attached hydrogens (primary N) is 1. The minimum Gasteiger partial charge on any atom is -0.463 e. The van der Waals surface area contributed by atoms with E-state index in [0.717, 1.165) is 17.4 Å². The molecule has 1 aromatic carbocycles. The number of carbonyl (C=O) groups is 1. The fourth-order valence-corrected chi connectivity index (χ4v) is 2.88. The van der Waals surface area contributed by atoms with Gasteiger partial charge in [0.2, 0.25) is 0 Å². The molecule has 2 atom stereocenters. The Kier molecular flexibility index (Phi) is 4.40. The van der Waals surface area contributed by atoms with Crippen LogP contribution in [0.1, 0.15) is 31.9 Å². The summed E-state index contributed by atoms with van der Waals surface area (Å²) in [5, 5.41) is 2.23. The summed E-state index contributed by atoms with van der Waals surface area (Å²) in [7, 11) is 0. The van der Waals surface area contributed by atoms with Crippen molar-refractivity contribution in [3.63, 3.8) is 0 Å². The highest BCUT2D eigenvalue weighted by atomic mass is 79.9. The van der Waals surface area contributed by atoms with Gasteiger partial charge in [0.05, 0.1) is 12.6 Å². The molecular weight excluding hydrogens is 294 g/mol. The van der Waals surface area contributed by atoms with Crippen LogP contribution in [0.5, 0.6) is 0 Å². The molecule has 18 heavy (non-hydrogen) atoms. The van der Waals surface area contributed by atoms with Crippen molar-refractivity contribution in [2.75, 3.05) is 6.54 Å². The molecule has 1 fully saturated rings. The number of quaternary nitrogens is 1. The van der Waals surface area contributed by atoms with Crippen molar-refractivity contribution < 1.29 is 14.8 Å². The van der Waals surface area contributed by atoms with Gasteiger partial charge in [-0.2, -0.15) is 0 Å². The highest BCUT2D eigenvalue weighted by Crippen LogP contribution is 2.27. The van der Waals surface area contributed by atoms with E-state index in [0.29, 0.717) is 0 Å². The van der Waals surface area contributed by atoms with Crippen molar-refractivity contribution in [3.8, 4) is 0 Å². The Morgan fingerprint density at radius 2 is 2.28 bits per heavy atom. The highest BCUT2D eigenvalue weighted by molar-refractivity contribution is 9.10. The number of ether oxygens (including phenoxy) is 1. The first-order valence-electron chi connectivity index (χ1n) is 6.37. The Balaban J connectivity index is 2.14. The molecule has 2 N–H and O–H groups in total. The summed E-state index contributed by atoms with van der Waals surface area (Å²) in [5.41, 5.74) is 1.19. The van der Waals surface area contributed by atoms with E-state index in [1.54, 1.807) is 0 Å². The Morgan fingerprint density at radius 3 is 2.94 bits per heavy atom. The van der Waals surface area contributed by atoms with Crippen LogP contribution in [0, 0.1) is 5.92 Å². The lowest BCUT2D eigenvalue weighted by Crippen LogP contribution is -2.82. The maximum atomic E-state index is 12.1. The van der Waals surface area contributed by atoms with Crippen LogP contribution in [0.2, 0.25) is 0 Å². The van der Waals surface area contributed by atoms with Crippen molar-refractivity contribution >= 4 is 21.9 Å². The fourth-order valence-electron chi connectivity index (χ4n) is 2.47. The lowest BCUT2D eigenvalue weighted by Gasteiger charge is -2.17. The van der Waals surface area contributed by atoms with Crippen LogP contribution in [0.25, 0.3) is 0 Å². The molecule has 0 spiro atoms. The third kappa shape index (κ3) is 3.12. The van der Waals surface area contributed by atoms with Gasteiger partial charge in [0.25, 0.3) is 0 Å². The highest BCUT2D eigenvalue weighted by Gasteiger charge is 2.39. The average Bonchev–Trinajstić information content (AvgIpc) is 2.76. The van der Waals surface area contributed by atoms with Gasteiger partial charge in [-0.05, 0) is 26.0 Å². The number of benzene rings is 1. The molecule has 1 heterocycles. The van der Waals surface area contributed by atoms with E-state index in [4.69, 9.17) is 4.74 Å². The zero-order valence-electron chi connectivity index (χ0n) is 10.7. The van der Waals surface area contributed by atoms with Crippen LogP contribution < -0.4 is 5.32 Å². The van der Waals surface area contributed by atoms with Gasteiger partial charge in [0, 0.05) is 16.5 Å². The second-order valence-electron chi connectivity index (χ2n) is 4.99. The van der Waals surface area contributed by atoms with Gasteiger partial charge in [-0.3, -0.25) is 4.79 Å². The van der Waals surface area contributed by atoms with E-state index < -0.39 is 0 Å². The van der Waals surface area contributed by atoms with Crippen LogP contribution in [0.3, 0.4) is 0 Å². The van der Waals surface area contributed by atoms with Crippen molar-refractivity contribution in [2.24, 2.45) is 5.92 Å². The van der Waals surface area contributed by atoms with Crippen molar-refractivity contribution in [3.05, 3.63) is 34.3 Å². The van der Waals surface area contributed by atoms with Crippen molar-refractivity contribution in [1.29, 1.82) is 0 Å². The predicted molar refractivity (Wildman–Crippen MR) is 73.0 cm³/mol. The summed E-state index contributed by atoms with van der Waals surface area (Å²) in [6, 6.07) is 8.36. The zero-order valence-corrected chi connectivity index (χ0v) is 12.3. The smallest absolute Gasteiger partial charge is 0.315 e. The Labute approximate surface area is 116 Å². The monoisotopic (exact) mass is 312 g/mol. The van der Waals surface area contributed by atoms with Gasteiger partial charge in [-0.15, -0.1) is 0 Å². The number of halogens is 1. The maximum absolute atomic E-state index is 12.1. The lowest BCUT2D eigenvalue weighted by molar-refractivity contribution is -0.678. The predicted octanol–water partition coefficient (Wildman–Crippen LogP) is 2.03. The molecule has 0 aromatic heterocycles. The molecule has 0 saturated carbocycles. The van der Waals surface area contributed by atoms with Crippen LogP contribution in [-0.2, 0) is 9.53 Å². The van der Waals surface area contributed by atoms with Gasteiger partial charge in [-0.1, -0.05) is 28.1 Å². The molecule has 1 aromatic rings. The second-order valence-corrected chi connectivity index (χ2v) is 5.90. The van der Waals surface area contributed by atoms with Crippen molar-refractivity contribution in [2.45, 2.75) is 32.4 Å². The normalized spacial score (nSPS) is 23.3.